The van der Waals surface area contributed by atoms with Crippen LogP contribution in [0.3, 0.4) is 0 Å². The minimum atomic E-state index is -0.112. The molecular formula is C15H19N3OS. The smallest absolute Gasteiger partial charge is 0.251 e. The molecule has 2 rings (SSSR count). The van der Waals surface area contributed by atoms with Gasteiger partial charge in [0.2, 0.25) is 0 Å². The highest BCUT2D eigenvalue weighted by Crippen LogP contribution is 2.22. The van der Waals surface area contributed by atoms with Crippen LogP contribution in [-0.4, -0.2) is 19.0 Å². The van der Waals surface area contributed by atoms with Crippen LogP contribution in [-0.2, 0) is 6.42 Å². The predicted octanol–water partition coefficient (Wildman–Crippen LogP) is 2.73. The van der Waals surface area contributed by atoms with Gasteiger partial charge < -0.3 is 16.4 Å². The Balaban J connectivity index is 2.09. The van der Waals surface area contributed by atoms with Gasteiger partial charge in [-0.3, -0.25) is 4.79 Å². The van der Waals surface area contributed by atoms with E-state index in [-0.39, 0.29) is 11.9 Å². The third kappa shape index (κ3) is 3.51. The highest BCUT2D eigenvalue weighted by atomic mass is 32.1. The maximum Gasteiger partial charge on any atom is 0.251 e. The van der Waals surface area contributed by atoms with Gasteiger partial charge in [0.15, 0.2) is 0 Å². The molecule has 1 aromatic carbocycles. The van der Waals surface area contributed by atoms with E-state index in [0.29, 0.717) is 11.3 Å². The van der Waals surface area contributed by atoms with Crippen molar-refractivity contribution in [2.45, 2.75) is 19.4 Å². The Labute approximate surface area is 123 Å². The average Bonchev–Trinajstić information content (AvgIpc) is 2.93. The Morgan fingerprint density at radius 3 is 2.85 bits per heavy atom. The van der Waals surface area contributed by atoms with E-state index in [2.05, 4.69) is 34.4 Å². The molecule has 1 aromatic heterocycles. The summed E-state index contributed by atoms with van der Waals surface area (Å²) in [5.74, 6) is -0.112. The molecule has 4 N–H and O–H groups in total. The number of carbonyl (C=O) groups excluding carboxylic acids is 1. The van der Waals surface area contributed by atoms with Gasteiger partial charge in [-0.2, -0.15) is 11.3 Å². The molecule has 5 heteroatoms. The van der Waals surface area contributed by atoms with Crippen LogP contribution in [0.1, 0.15) is 22.8 Å². The molecule has 0 saturated heterocycles. The van der Waals surface area contributed by atoms with Gasteiger partial charge in [-0.05, 0) is 53.9 Å². The van der Waals surface area contributed by atoms with E-state index in [9.17, 15) is 4.79 Å². The predicted molar refractivity (Wildman–Crippen MR) is 85.4 cm³/mol. The number of thiophene rings is 1. The van der Waals surface area contributed by atoms with Crippen molar-refractivity contribution < 1.29 is 4.79 Å². The lowest BCUT2D eigenvalue weighted by Gasteiger charge is -2.17. The molecule has 1 heterocycles. The van der Waals surface area contributed by atoms with Crippen molar-refractivity contribution in [3.05, 3.63) is 46.2 Å². The van der Waals surface area contributed by atoms with E-state index in [1.54, 1.807) is 36.6 Å². The molecule has 1 unspecified atom stereocenters. The molecule has 0 radical (unpaired) electrons. The lowest BCUT2D eigenvalue weighted by Crippen LogP contribution is -2.21. The molecule has 0 aliphatic heterocycles. The van der Waals surface area contributed by atoms with Gasteiger partial charge >= 0.3 is 0 Å². The number of amides is 1. The monoisotopic (exact) mass is 289 g/mol. The van der Waals surface area contributed by atoms with Crippen molar-refractivity contribution in [1.82, 2.24) is 5.32 Å². The van der Waals surface area contributed by atoms with Crippen molar-refractivity contribution in [2.24, 2.45) is 0 Å². The molecule has 4 nitrogen and oxygen atoms in total. The summed E-state index contributed by atoms with van der Waals surface area (Å²) in [5.41, 5.74) is 9.31. The zero-order valence-corrected chi connectivity index (χ0v) is 12.5. The molecule has 0 spiro atoms. The van der Waals surface area contributed by atoms with Gasteiger partial charge in [0.25, 0.3) is 5.91 Å². The largest absolute Gasteiger partial charge is 0.397 e. The molecule has 20 heavy (non-hydrogen) atoms. The molecule has 2 aromatic rings. The number of nitrogen functional groups attached to an aromatic ring is 1. The van der Waals surface area contributed by atoms with Crippen LogP contribution < -0.4 is 16.4 Å². The van der Waals surface area contributed by atoms with E-state index in [1.165, 1.54) is 5.56 Å². The summed E-state index contributed by atoms with van der Waals surface area (Å²) in [5, 5.41) is 10.2. The third-order valence-electron chi connectivity index (χ3n) is 3.07. The summed E-state index contributed by atoms with van der Waals surface area (Å²) >= 11 is 1.69. The van der Waals surface area contributed by atoms with Gasteiger partial charge in [-0.1, -0.05) is 0 Å². The van der Waals surface area contributed by atoms with Gasteiger partial charge in [0.1, 0.15) is 0 Å². The van der Waals surface area contributed by atoms with Crippen LogP contribution in [0.4, 0.5) is 11.4 Å². The van der Waals surface area contributed by atoms with Crippen molar-refractivity contribution in [3.8, 4) is 0 Å². The van der Waals surface area contributed by atoms with Crippen LogP contribution in [0.2, 0.25) is 0 Å². The second kappa shape index (κ2) is 6.43. The normalized spacial score (nSPS) is 11.9. The maximum absolute atomic E-state index is 11.6. The molecule has 0 aliphatic rings. The Kier molecular flexibility index (Phi) is 4.63. The number of carbonyl (C=O) groups is 1. The number of rotatable bonds is 5. The van der Waals surface area contributed by atoms with E-state index in [4.69, 9.17) is 5.73 Å². The summed E-state index contributed by atoms with van der Waals surface area (Å²) in [6.07, 6.45) is 0.924. The van der Waals surface area contributed by atoms with Crippen molar-refractivity contribution >= 4 is 28.6 Å². The Morgan fingerprint density at radius 2 is 2.20 bits per heavy atom. The van der Waals surface area contributed by atoms with Crippen LogP contribution in [0.15, 0.2) is 35.0 Å². The third-order valence-corrected chi connectivity index (χ3v) is 3.80. The highest BCUT2D eigenvalue weighted by Gasteiger charge is 2.10. The first kappa shape index (κ1) is 14.4. The van der Waals surface area contributed by atoms with Crippen LogP contribution in [0, 0.1) is 0 Å². The SMILES string of the molecule is CNC(=O)c1ccc(N)c(NC(C)Cc2ccsc2)c1. The summed E-state index contributed by atoms with van der Waals surface area (Å²) in [4.78, 5) is 11.6. The fourth-order valence-corrected chi connectivity index (χ4v) is 2.73. The molecule has 0 bridgehead atoms. The van der Waals surface area contributed by atoms with Crippen LogP contribution in [0.5, 0.6) is 0 Å². The van der Waals surface area contributed by atoms with Gasteiger partial charge in [0.05, 0.1) is 11.4 Å². The average molecular weight is 289 g/mol. The van der Waals surface area contributed by atoms with Crippen molar-refractivity contribution in [2.75, 3.05) is 18.1 Å². The number of hydrogen-bond acceptors (Lipinski definition) is 4. The first-order chi connectivity index (χ1) is 9.60. The Hall–Kier alpha value is -2.01. The molecule has 106 valence electrons. The second-order valence-electron chi connectivity index (χ2n) is 4.76. The quantitative estimate of drug-likeness (QED) is 0.741. The van der Waals surface area contributed by atoms with Gasteiger partial charge in [0, 0.05) is 18.7 Å². The maximum atomic E-state index is 11.6. The second-order valence-corrected chi connectivity index (χ2v) is 5.54. The number of nitrogens with two attached hydrogens (primary N) is 1. The van der Waals surface area contributed by atoms with E-state index < -0.39 is 0 Å². The topological polar surface area (TPSA) is 67.2 Å². The minimum absolute atomic E-state index is 0.112. The van der Waals surface area contributed by atoms with Crippen LogP contribution >= 0.6 is 11.3 Å². The Morgan fingerprint density at radius 1 is 1.40 bits per heavy atom. The lowest BCUT2D eigenvalue weighted by molar-refractivity contribution is 0.0963. The molecule has 0 aliphatic carbocycles. The van der Waals surface area contributed by atoms with E-state index in [0.717, 1.165) is 12.1 Å². The summed E-state index contributed by atoms with van der Waals surface area (Å²) in [7, 11) is 1.62. The molecular weight excluding hydrogens is 270 g/mol. The van der Waals surface area contributed by atoms with E-state index >= 15 is 0 Å². The standard InChI is InChI=1S/C15H19N3OS/c1-10(7-11-5-6-20-9-11)18-14-8-12(15(19)17-2)3-4-13(14)16/h3-6,8-10,18H,7,16H2,1-2H3,(H,17,19). The Bertz CT molecular complexity index is 581. The first-order valence-electron chi connectivity index (χ1n) is 6.49. The number of anilines is 2. The lowest BCUT2D eigenvalue weighted by atomic mass is 10.1. The molecule has 0 fully saturated rings. The molecule has 1 atom stereocenters. The fraction of sp³-hybridized carbons (Fsp3) is 0.267. The van der Waals surface area contributed by atoms with E-state index in [1.807, 2.05) is 0 Å². The number of benzene rings is 1. The summed E-state index contributed by atoms with van der Waals surface area (Å²) < 4.78 is 0. The van der Waals surface area contributed by atoms with Gasteiger partial charge in [-0.15, -0.1) is 0 Å². The molecule has 0 saturated carbocycles. The minimum Gasteiger partial charge on any atom is -0.397 e. The van der Waals surface area contributed by atoms with Crippen molar-refractivity contribution in [3.63, 3.8) is 0 Å². The summed E-state index contributed by atoms with van der Waals surface area (Å²) in [6, 6.07) is 7.63. The van der Waals surface area contributed by atoms with Crippen LogP contribution in [0.25, 0.3) is 0 Å². The van der Waals surface area contributed by atoms with Gasteiger partial charge in [-0.25, -0.2) is 0 Å². The molecule has 1 amide bonds. The summed E-state index contributed by atoms with van der Waals surface area (Å²) in [6.45, 7) is 2.10. The van der Waals surface area contributed by atoms with Crippen molar-refractivity contribution in [1.29, 1.82) is 0 Å². The fourth-order valence-electron chi connectivity index (χ4n) is 2.05. The highest BCUT2D eigenvalue weighted by molar-refractivity contribution is 7.07. The first-order valence-corrected chi connectivity index (χ1v) is 7.43. The zero-order chi connectivity index (χ0) is 14.5. The number of hydrogen-bond donors (Lipinski definition) is 3. The number of nitrogens with one attached hydrogen (secondary N) is 2. The zero-order valence-electron chi connectivity index (χ0n) is 11.6.